The van der Waals surface area contributed by atoms with E-state index in [9.17, 15) is 17.6 Å². The Morgan fingerprint density at radius 2 is 1.64 bits per heavy atom. The van der Waals surface area contributed by atoms with Crippen LogP contribution < -0.4 is 5.32 Å². The highest BCUT2D eigenvalue weighted by Crippen LogP contribution is 2.18. The van der Waals surface area contributed by atoms with Crippen LogP contribution >= 0.6 is 0 Å². The molecule has 0 heterocycles. The monoisotopic (exact) mass is 397 g/mol. The fourth-order valence-electron chi connectivity index (χ4n) is 2.82. The fraction of sp³-hybridized carbons (Fsp3) is 0.136. The van der Waals surface area contributed by atoms with Crippen molar-refractivity contribution in [3.63, 3.8) is 0 Å². The summed E-state index contributed by atoms with van der Waals surface area (Å²) in [5.74, 6) is -0.810. The number of halogens is 1. The first-order valence-corrected chi connectivity index (χ1v) is 10.4. The number of amides is 1. The zero-order valence-corrected chi connectivity index (χ0v) is 16.1. The Morgan fingerprint density at radius 1 is 0.964 bits per heavy atom. The Hall–Kier alpha value is -2.99. The van der Waals surface area contributed by atoms with Crippen molar-refractivity contribution in [2.75, 3.05) is 0 Å². The Morgan fingerprint density at radius 3 is 2.29 bits per heavy atom. The summed E-state index contributed by atoms with van der Waals surface area (Å²) in [4.78, 5) is 12.7. The predicted molar refractivity (Wildman–Crippen MR) is 106 cm³/mol. The highest BCUT2D eigenvalue weighted by atomic mass is 32.2. The molecule has 0 fully saturated rings. The molecule has 1 amide bonds. The van der Waals surface area contributed by atoms with E-state index in [1.165, 1.54) is 12.1 Å². The van der Waals surface area contributed by atoms with Crippen LogP contribution in [0.5, 0.6) is 0 Å². The Bertz CT molecular complexity index is 1060. The molecule has 1 unspecified atom stereocenters. The molecular formula is C22H20FNO3S. The molecule has 3 rings (SSSR count). The van der Waals surface area contributed by atoms with Gasteiger partial charge in [-0.2, -0.15) is 0 Å². The van der Waals surface area contributed by atoms with Gasteiger partial charge in [-0.1, -0.05) is 42.5 Å². The maximum atomic E-state index is 13.3. The SMILES string of the molecule is CC(NC(=O)c1ccc(CS(=O)(=O)c2ccccc2)cc1)c1cccc(F)c1. The van der Waals surface area contributed by atoms with Crippen molar-refractivity contribution >= 4 is 15.7 Å². The van der Waals surface area contributed by atoms with Crippen LogP contribution in [0.4, 0.5) is 4.39 Å². The van der Waals surface area contributed by atoms with Gasteiger partial charge in [-0.15, -0.1) is 0 Å². The first-order valence-electron chi connectivity index (χ1n) is 8.78. The number of carbonyl (C=O) groups is 1. The van der Waals surface area contributed by atoms with Crippen LogP contribution in [0, 0.1) is 5.82 Å². The lowest BCUT2D eigenvalue weighted by Crippen LogP contribution is -2.26. The van der Waals surface area contributed by atoms with E-state index < -0.39 is 9.84 Å². The van der Waals surface area contributed by atoms with Gasteiger partial charge >= 0.3 is 0 Å². The first kappa shape index (κ1) is 19.8. The maximum Gasteiger partial charge on any atom is 0.251 e. The van der Waals surface area contributed by atoms with Crippen LogP contribution in [0.15, 0.2) is 83.8 Å². The summed E-state index contributed by atoms with van der Waals surface area (Å²) in [5, 5.41) is 2.81. The van der Waals surface area contributed by atoms with Crippen molar-refractivity contribution < 1.29 is 17.6 Å². The highest BCUT2D eigenvalue weighted by Gasteiger charge is 2.16. The number of rotatable bonds is 6. The summed E-state index contributed by atoms with van der Waals surface area (Å²) >= 11 is 0. The zero-order valence-electron chi connectivity index (χ0n) is 15.3. The molecule has 4 nitrogen and oxygen atoms in total. The molecule has 144 valence electrons. The number of benzene rings is 3. The third-order valence-corrected chi connectivity index (χ3v) is 6.08. The fourth-order valence-corrected chi connectivity index (χ4v) is 4.19. The molecule has 0 aromatic heterocycles. The van der Waals surface area contributed by atoms with Gasteiger partial charge in [-0.3, -0.25) is 4.79 Å². The van der Waals surface area contributed by atoms with Gasteiger partial charge in [0.1, 0.15) is 5.82 Å². The average Bonchev–Trinajstić information content (AvgIpc) is 2.69. The van der Waals surface area contributed by atoms with E-state index in [4.69, 9.17) is 0 Å². The second-order valence-corrected chi connectivity index (χ2v) is 8.51. The van der Waals surface area contributed by atoms with Crippen molar-refractivity contribution in [1.29, 1.82) is 0 Å². The summed E-state index contributed by atoms with van der Waals surface area (Å²) in [7, 11) is -3.44. The summed E-state index contributed by atoms with van der Waals surface area (Å²) < 4.78 is 38.2. The molecule has 28 heavy (non-hydrogen) atoms. The van der Waals surface area contributed by atoms with E-state index in [-0.39, 0.29) is 28.4 Å². The van der Waals surface area contributed by atoms with Gasteiger partial charge in [0.15, 0.2) is 9.84 Å². The number of carbonyl (C=O) groups excluding carboxylic acids is 1. The van der Waals surface area contributed by atoms with Crippen LogP contribution in [-0.4, -0.2) is 14.3 Å². The van der Waals surface area contributed by atoms with Crippen molar-refractivity contribution in [3.05, 3.63) is 101 Å². The van der Waals surface area contributed by atoms with Gasteiger partial charge in [-0.25, -0.2) is 12.8 Å². The largest absolute Gasteiger partial charge is 0.346 e. The molecule has 0 spiro atoms. The van der Waals surface area contributed by atoms with E-state index in [1.807, 2.05) is 0 Å². The van der Waals surface area contributed by atoms with E-state index in [2.05, 4.69) is 5.32 Å². The second kappa shape index (κ2) is 8.35. The van der Waals surface area contributed by atoms with Gasteiger partial charge in [0.25, 0.3) is 5.91 Å². The van der Waals surface area contributed by atoms with Gasteiger partial charge in [0.2, 0.25) is 0 Å². The molecule has 0 aliphatic heterocycles. The molecule has 6 heteroatoms. The lowest BCUT2D eigenvalue weighted by Gasteiger charge is -2.14. The van der Waals surface area contributed by atoms with Gasteiger partial charge in [0, 0.05) is 5.56 Å². The summed E-state index contributed by atoms with van der Waals surface area (Å²) in [6.45, 7) is 1.77. The number of nitrogens with one attached hydrogen (secondary N) is 1. The van der Waals surface area contributed by atoms with E-state index >= 15 is 0 Å². The normalized spacial score (nSPS) is 12.4. The molecule has 0 saturated carbocycles. The van der Waals surface area contributed by atoms with Crippen molar-refractivity contribution in [2.45, 2.75) is 23.6 Å². The van der Waals surface area contributed by atoms with Crippen molar-refractivity contribution in [2.24, 2.45) is 0 Å². The molecule has 3 aromatic rings. The third kappa shape index (κ3) is 4.84. The van der Waals surface area contributed by atoms with E-state index in [0.29, 0.717) is 16.7 Å². The van der Waals surface area contributed by atoms with Gasteiger partial charge in [-0.05, 0) is 54.4 Å². The molecule has 1 atom stereocenters. The molecular weight excluding hydrogens is 377 g/mol. The smallest absolute Gasteiger partial charge is 0.251 e. The van der Waals surface area contributed by atoms with Crippen LogP contribution in [0.1, 0.15) is 34.5 Å². The minimum absolute atomic E-state index is 0.140. The van der Waals surface area contributed by atoms with Crippen LogP contribution in [0.25, 0.3) is 0 Å². The second-order valence-electron chi connectivity index (χ2n) is 6.52. The lowest BCUT2D eigenvalue weighted by atomic mass is 10.1. The standard InChI is InChI=1S/C22H20FNO3S/c1-16(19-6-5-7-20(23)14-19)24-22(25)18-12-10-17(11-13-18)15-28(26,27)21-8-3-2-4-9-21/h2-14,16H,15H2,1H3,(H,24,25). The number of sulfone groups is 1. The minimum Gasteiger partial charge on any atom is -0.346 e. The molecule has 0 radical (unpaired) electrons. The third-order valence-electron chi connectivity index (χ3n) is 4.37. The van der Waals surface area contributed by atoms with E-state index in [0.717, 1.165) is 0 Å². The van der Waals surface area contributed by atoms with Gasteiger partial charge < -0.3 is 5.32 Å². The predicted octanol–water partition coefficient (Wildman–Crippen LogP) is 4.29. The molecule has 0 bridgehead atoms. The summed E-state index contributed by atoms with van der Waals surface area (Å²) in [6.07, 6.45) is 0. The van der Waals surface area contributed by atoms with Crippen molar-refractivity contribution in [1.82, 2.24) is 5.32 Å². The number of hydrogen-bond acceptors (Lipinski definition) is 3. The van der Waals surface area contributed by atoms with Gasteiger partial charge in [0.05, 0.1) is 16.7 Å². The molecule has 1 N–H and O–H groups in total. The topological polar surface area (TPSA) is 63.2 Å². The lowest BCUT2D eigenvalue weighted by molar-refractivity contribution is 0.0940. The zero-order chi connectivity index (χ0) is 20.1. The minimum atomic E-state index is -3.44. The Kier molecular flexibility index (Phi) is 5.90. The van der Waals surface area contributed by atoms with Crippen LogP contribution in [0.3, 0.4) is 0 Å². The van der Waals surface area contributed by atoms with Crippen LogP contribution in [-0.2, 0) is 15.6 Å². The average molecular weight is 397 g/mol. The first-order chi connectivity index (χ1) is 13.3. The Balaban J connectivity index is 1.67. The molecule has 0 aliphatic carbocycles. The Labute approximate surface area is 164 Å². The summed E-state index contributed by atoms with van der Waals surface area (Å²) in [6, 6.07) is 20.4. The highest BCUT2D eigenvalue weighted by molar-refractivity contribution is 7.90. The van der Waals surface area contributed by atoms with Crippen LogP contribution in [0.2, 0.25) is 0 Å². The molecule has 3 aromatic carbocycles. The number of hydrogen-bond donors (Lipinski definition) is 1. The summed E-state index contributed by atoms with van der Waals surface area (Å²) in [5.41, 5.74) is 1.67. The van der Waals surface area contributed by atoms with Crippen molar-refractivity contribution in [3.8, 4) is 0 Å². The van der Waals surface area contributed by atoms with E-state index in [1.54, 1.807) is 73.7 Å². The molecule has 0 saturated heterocycles. The maximum absolute atomic E-state index is 13.3. The quantitative estimate of drug-likeness (QED) is 0.675. The molecule has 0 aliphatic rings.